The van der Waals surface area contributed by atoms with Gasteiger partial charge in [-0.3, -0.25) is 0 Å². The zero-order chi connectivity index (χ0) is 13.0. The van der Waals surface area contributed by atoms with Crippen LogP contribution in [0.3, 0.4) is 0 Å². The van der Waals surface area contributed by atoms with Gasteiger partial charge in [-0.1, -0.05) is 6.92 Å². The molecule has 1 unspecified atom stereocenters. The van der Waals surface area contributed by atoms with E-state index in [-0.39, 0.29) is 24.3 Å². The minimum absolute atomic E-state index is 0.0697. The summed E-state index contributed by atoms with van der Waals surface area (Å²) in [6.07, 6.45) is 0. The van der Waals surface area contributed by atoms with Gasteiger partial charge in [0.05, 0.1) is 0 Å². The molecule has 0 radical (unpaired) electrons. The number of nitrogens with one attached hydrogen (secondary N) is 1. The number of aliphatic hydroxyl groups excluding tert-OH is 1. The lowest BCUT2D eigenvalue weighted by atomic mass is 9.99. The molecule has 7 heteroatoms. The number of benzene rings is 1. The van der Waals surface area contributed by atoms with Gasteiger partial charge in [0.25, 0.3) is 0 Å². The van der Waals surface area contributed by atoms with E-state index < -0.39 is 28.4 Å². The Morgan fingerprint density at radius 1 is 1.35 bits per heavy atom. The third kappa shape index (κ3) is 3.72. The van der Waals surface area contributed by atoms with Gasteiger partial charge in [-0.05, 0) is 17.7 Å². The van der Waals surface area contributed by atoms with Gasteiger partial charge in [0, 0.05) is 24.6 Å². The second kappa shape index (κ2) is 6.04. The highest BCUT2D eigenvalue weighted by molar-refractivity contribution is 7.70. The summed E-state index contributed by atoms with van der Waals surface area (Å²) in [7, 11) is -2.85. The van der Waals surface area contributed by atoms with Gasteiger partial charge < -0.3 is 5.11 Å². The number of hydrogen-bond donors (Lipinski definition) is 3. The second-order valence-corrected chi connectivity index (χ2v) is 4.47. The first-order valence-corrected chi connectivity index (χ1v) is 6.10. The monoisotopic (exact) mass is 265 g/mol. The molecular formula is C10H13F2NO3S. The molecule has 0 aliphatic carbocycles. The van der Waals surface area contributed by atoms with Gasteiger partial charge in [-0.2, -0.15) is 0 Å². The molecule has 0 heterocycles. The first-order chi connectivity index (χ1) is 7.95. The molecule has 4 nitrogen and oxygen atoms in total. The van der Waals surface area contributed by atoms with Crippen LogP contribution in [0.5, 0.6) is 0 Å². The van der Waals surface area contributed by atoms with E-state index in [1.54, 1.807) is 6.92 Å². The first-order valence-electron chi connectivity index (χ1n) is 4.92. The molecule has 0 saturated heterocycles. The van der Waals surface area contributed by atoms with Crippen molar-refractivity contribution in [3.8, 4) is 0 Å². The fourth-order valence-electron chi connectivity index (χ4n) is 1.36. The molecule has 0 spiro atoms. The zero-order valence-electron chi connectivity index (χ0n) is 9.11. The maximum absolute atomic E-state index is 13.5. The maximum atomic E-state index is 13.5. The zero-order valence-corrected chi connectivity index (χ0v) is 10.0. The SMILES string of the molecule is CC(CO)c1cc(F)c(CN[SH](=O)=O)cc1F. The van der Waals surface area contributed by atoms with Crippen LogP contribution in [0.15, 0.2) is 12.1 Å². The minimum atomic E-state index is -2.85. The van der Waals surface area contributed by atoms with Crippen molar-refractivity contribution in [2.75, 3.05) is 6.61 Å². The number of thiol groups is 1. The third-order valence-corrected chi connectivity index (χ3v) is 2.79. The number of rotatable bonds is 5. The molecule has 0 saturated carbocycles. The Morgan fingerprint density at radius 3 is 2.53 bits per heavy atom. The predicted molar refractivity (Wildman–Crippen MR) is 59.0 cm³/mol. The van der Waals surface area contributed by atoms with E-state index in [1.807, 2.05) is 4.72 Å². The van der Waals surface area contributed by atoms with E-state index in [0.29, 0.717) is 0 Å². The smallest absolute Gasteiger partial charge is 0.201 e. The molecule has 0 amide bonds. The highest BCUT2D eigenvalue weighted by Gasteiger charge is 2.14. The fraction of sp³-hybridized carbons (Fsp3) is 0.400. The molecule has 1 aromatic rings. The summed E-state index contributed by atoms with van der Waals surface area (Å²) in [5.41, 5.74) is -0.00384. The second-order valence-electron chi connectivity index (χ2n) is 3.64. The van der Waals surface area contributed by atoms with Gasteiger partial charge in [-0.15, -0.1) is 0 Å². The van der Waals surface area contributed by atoms with Crippen molar-refractivity contribution >= 4 is 10.9 Å². The normalized spacial score (nSPS) is 13.0. The van der Waals surface area contributed by atoms with Crippen molar-refractivity contribution in [2.24, 2.45) is 0 Å². The van der Waals surface area contributed by atoms with Crippen molar-refractivity contribution in [3.63, 3.8) is 0 Å². The first kappa shape index (κ1) is 14.0. The topological polar surface area (TPSA) is 66.4 Å². The summed E-state index contributed by atoms with van der Waals surface area (Å²) in [4.78, 5) is 0. The van der Waals surface area contributed by atoms with Gasteiger partial charge in [-0.25, -0.2) is 21.9 Å². The summed E-state index contributed by atoms with van der Waals surface area (Å²) in [6.45, 7) is 0.972. The lowest BCUT2D eigenvalue weighted by molar-refractivity contribution is 0.270. The minimum Gasteiger partial charge on any atom is -0.396 e. The van der Waals surface area contributed by atoms with E-state index in [0.717, 1.165) is 12.1 Å². The van der Waals surface area contributed by atoms with Gasteiger partial charge >= 0.3 is 0 Å². The van der Waals surface area contributed by atoms with Crippen LogP contribution in [0.4, 0.5) is 8.78 Å². The quantitative estimate of drug-likeness (QED) is 0.686. The van der Waals surface area contributed by atoms with E-state index >= 15 is 0 Å². The molecule has 1 aromatic carbocycles. The van der Waals surface area contributed by atoms with Crippen molar-refractivity contribution in [1.29, 1.82) is 0 Å². The van der Waals surface area contributed by atoms with Crippen molar-refractivity contribution in [2.45, 2.75) is 19.4 Å². The van der Waals surface area contributed by atoms with Crippen LogP contribution in [-0.4, -0.2) is 20.1 Å². The molecule has 0 aromatic heterocycles. The molecule has 0 bridgehead atoms. The summed E-state index contributed by atoms with van der Waals surface area (Å²) >= 11 is 0. The Morgan fingerprint density at radius 2 is 2.00 bits per heavy atom. The Hall–Kier alpha value is -1.05. The number of aliphatic hydroxyl groups is 1. The number of hydrogen-bond acceptors (Lipinski definition) is 3. The number of halogens is 2. The van der Waals surface area contributed by atoms with Crippen LogP contribution in [-0.2, 0) is 17.4 Å². The van der Waals surface area contributed by atoms with Gasteiger partial charge in [0.15, 0.2) is 0 Å². The molecule has 1 atom stereocenters. The summed E-state index contributed by atoms with van der Waals surface area (Å²) in [5, 5.41) is 8.87. The van der Waals surface area contributed by atoms with Gasteiger partial charge in [0.1, 0.15) is 11.6 Å². The molecule has 0 aliphatic heterocycles. The van der Waals surface area contributed by atoms with E-state index in [1.165, 1.54) is 0 Å². The van der Waals surface area contributed by atoms with Crippen LogP contribution in [0.2, 0.25) is 0 Å². The molecule has 96 valence electrons. The van der Waals surface area contributed by atoms with Crippen LogP contribution < -0.4 is 4.72 Å². The maximum Gasteiger partial charge on any atom is 0.201 e. The molecule has 0 fully saturated rings. The lowest BCUT2D eigenvalue weighted by Gasteiger charge is -2.11. The Balaban J connectivity index is 3.00. The largest absolute Gasteiger partial charge is 0.396 e. The predicted octanol–water partition coefficient (Wildman–Crippen LogP) is 0.677. The van der Waals surface area contributed by atoms with E-state index in [4.69, 9.17) is 5.11 Å². The Labute approximate surface area is 99.4 Å². The van der Waals surface area contributed by atoms with Crippen LogP contribution >= 0.6 is 0 Å². The molecule has 17 heavy (non-hydrogen) atoms. The summed E-state index contributed by atoms with van der Waals surface area (Å²) in [6, 6.07) is 1.91. The highest BCUT2D eigenvalue weighted by Crippen LogP contribution is 2.22. The van der Waals surface area contributed by atoms with Crippen molar-refractivity contribution in [1.82, 2.24) is 4.72 Å². The van der Waals surface area contributed by atoms with Crippen LogP contribution in [0.25, 0.3) is 0 Å². The molecule has 0 aliphatic rings. The van der Waals surface area contributed by atoms with Crippen LogP contribution in [0.1, 0.15) is 24.0 Å². The highest BCUT2D eigenvalue weighted by atomic mass is 32.2. The molecular weight excluding hydrogens is 252 g/mol. The lowest BCUT2D eigenvalue weighted by Crippen LogP contribution is -2.13. The third-order valence-electron chi connectivity index (χ3n) is 2.37. The van der Waals surface area contributed by atoms with Crippen LogP contribution in [0, 0.1) is 11.6 Å². The Bertz CT molecular complexity index is 469. The average Bonchev–Trinajstić information content (AvgIpc) is 2.28. The van der Waals surface area contributed by atoms with Crippen molar-refractivity contribution < 1.29 is 22.3 Å². The molecule has 1 rings (SSSR count). The van der Waals surface area contributed by atoms with Crippen molar-refractivity contribution in [3.05, 3.63) is 34.9 Å². The molecule has 2 N–H and O–H groups in total. The fourth-order valence-corrected chi connectivity index (χ4v) is 1.66. The van der Waals surface area contributed by atoms with E-state index in [2.05, 4.69) is 0 Å². The van der Waals surface area contributed by atoms with E-state index in [9.17, 15) is 17.2 Å². The Kier molecular flexibility index (Phi) is 4.98. The summed E-state index contributed by atoms with van der Waals surface area (Å²) in [5.74, 6) is -1.88. The standard InChI is InChI=1S/C10H13F2NO3S/c1-6(5-14)8-3-9(11)7(2-10(8)12)4-13-17(15)16/h2-3,6,14,17H,4-5H2,1H3,(H,13,15,16). The average molecular weight is 265 g/mol. The summed E-state index contributed by atoms with van der Waals surface area (Å²) < 4.78 is 49.6. The van der Waals surface area contributed by atoms with Gasteiger partial charge in [0.2, 0.25) is 10.9 Å².